The molecule has 1 fully saturated rings. The van der Waals surface area contributed by atoms with E-state index in [-0.39, 0.29) is 11.7 Å². The van der Waals surface area contributed by atoms with Crippen molar-refractivity contribution in [1.29, 1.82) is 0 Å². The standard InChI is InChI=1S/C27H31NO4/c1-2-3-10-24-26(22-9-4-5-11-23(22)32-24)27(30)20-13-15-21(16-14-20)31-19-8-12-25(29)28-17-6-7-18-28/h4-5,9,11,13-16H,2-3,6-8,10,12,17-19H2,1H3. The van der Waals surface area contributed by atoms with Crippen LogP contribution in [-0.2, 0) is 11.2 Å². The Hall–Kier alpha value is -3.08. The monoisotopic (exact) mass is 433 g/mol. The lowest BCUT2D eigenvalue weighted by molar-refractivity contribution is -0.130. The fourth-order valence-corrected chi connectivity index (χ4v) is 4.24. The predicted molar refractivity (Wildman–Crippen MR) is 125 cm³/mol. The Balaban J connectivity index is 1.38. The van der Waals surface area contributed by atoms with Crippen LogP contribution in [0.2, 0.25) is 0 Å². The number of aryl methyl sites for hydroxylation is 1. The fraction of sp³-hybridized carbons (Fsp3) is 0.407. The van der Waals surface area contributed by atoms with Crippen LogP contribution in [0.3, 0.4) is 0 Å². The third-order valence-electron chi connectivity index (χ3n) is 6.03. The van der Waals surface area contributed by atoms with Gasteiger partial charge in [0.1, 0.15) is 17.1 Å². The normalized spacial score (nSPS) is 13.6. The number of benzene rings is 2. The smallest absolute Gasteiger partial charge is 0.222 e. The van der Waals surface area contributed by atoms with Gasteiger partial charge in [0.15, 0.2) is 5.78 Å². The lowest BCUT2D eigenvalue weighted by Crippen LogP contribution is -2.27. The number of furan rings is 1. The zero-order valence-electron chi connectivity index (χ0n) is 18.8. The first kappa shape index (κ1) is 22.1. The van der Waals surface area contributed by atoms with Crippen molar-refractivity contribution in [1.82, 2.24) is 4.90 Å². The highest BCUT2D eigenvalue weighted by Gasteiger charge is 2.21. The minimum absolute atomic E-state index is 0.0242. The van der Waals surface area contributed by atoms with Gasteiger partial charge in [0, 0.05) is 36.9 Å². The van der Waals surface area contributed by atoms with E-state index < -0.39 is 0 Å². The molecule has 0 atom stereocenters. The SMILES string of the molecule is CCCCc1oc2ccccc2c1C(=O)c1ccc(OCCCC(=O)N2CCCC2)cc1. The third kappa shape index (κ3) is 5.04. The van der Waals surface area contributed by atoms with E-state index in [2.05, 4.69) is 6.92 Å². The summed E-state index contributed by atoms with van der Waals surface area (Å²) in [6.45, 7) is 4.40. The number of fused-ring (bicyclic) bond motifs is 1. The number of para-hydroxylation sites is 1. The molecule has 0 N–H and O–H groups in total. The summed E-state index contributed by atoms with van der Waals surface area (Å²) >= 11 is 0. The number of unbranched alkanes of at least 4 members (excludes halogenated alkanes) is 1. The maximum atomic E-state index is 13.3. The number of ether oxygens (including phenoxy) is 1. The van der Waals surface area contributed by atoms with Gasteiger partial charge >= 0.3 is 0 Å². The number of carbonyl (C=O) groups is 2. The van der Waals surface area contributed by atoms with Crippen molar-refractivity contribution in [2.45, 2.75) is 51.9 Å². The highest BCUT2D eigenvalue weighted by molar-refractivity contribution is 6.16. The molecule has 1 aromatic heterocycles. The van der Waals surface area contributed by atoms with E-state index in [1.165, 1.54) is 0 Å². The minimum atomic E-state index is -0.0242. The Bertz CT molecular complexity index is 1060. The van der Waals surface area contributed by atoms with Crippen LogP contribution in [0.15, 0.2) is 52.9 Å². The Morgan fingerprint density at radius 3 is 2.50 bits per heavy atom. The lowest BCUT2D eigenvalue weighted by atomic mass is 9.98. The molecule has 32 heavy (non-hydrogen) atoms. The average Bonchev–Trinajstić information content (AvgIpc) is 3.48. The Morgan fingerprint density at radius 1 is 1.00 bits per heavy atom. The molecule has 0 unspecified atom stereocenters. The van der Waals surface area contributed by atoms with Crippen molar-refractivity contribution < 1.29 is 18.7 Å². The molecule has 2 heterocycles. The van der Waals surface area contributed by atoms with Crippen LogP contribution in [0.25, 0.3) is 11.0 Å². The van der Waals surface area contributed by atoms with E-state index in [0.29, 0.717) is 36.3 Å². The largest absolute Gasteiger partial charge is 0.494 e. The summed E-state index contributed by atoms with van der Waals surface area (Å²) in [6.07, 6.45) is 6.21. The van der Waals surface area contributed by atoms with Gasteiger partial charge in [-0.05, 0) is 56.0 Å². The quantitative estimate of drug-likeness (QED) is 0.300. The molecule has 1 saturated heterocycles. The molecular formula is C27H31NO4. The van der Waals surface area contributed by atoms with Crippen molar-refractivity contribution in [2.75, 3.05) is 19.7 Å². The topological polar surface area (TPSA) is 59.8 Å². The molecule has 3 aromatic rings. The van der Waals surface area contributed by atoms with Gasteiger partial charge in [-0.15, -0.1) is 0 Å². The summed E-state index contributed by atoms with van der Waals surface area (Å²) in [7, 11) is 0. The first-order valence-corrected chi connectivity index (χ1v) is 11.7. The van der Waals surface area contributed by atoms with Gasteiger partial charge in [0.05, 0.1) is 12.2 Å². The zero-order valence-corrected chi connectivity index (χ0v) is 18.8. The summed E-state index contributed by atoms with van der Waals surface area (Å²) in [5.41, 5.74) is 2.04. The maximum absolute atomic E-state index is 13.3. The number of ketones is 1. The number of likely N-dealkylation sites (tertiary alicyclic amines) is 1. The number of amides is 1. The van der Waals surface area contributed by atoms with Crippen LogP contribution >= 0.6 is 0 Å². The summed E-state index contributed by atoms with van der Waals surface area (Å²) in [5, 5.41) is 0.867. The molecule has 0 saturated carbocycles. The Labute approximate surface area is 189 Å². The molecule has 0 spiro atoms. The number of hydrogen-bond acceptors (Lipinski definition) is 4. The van der Waals surface area contributed by atoms with E-state index in [9.17, 15) is 9.59 Å². The molecule has 0 bridgehead atoms. The van der Waals surface area contributed by atoms with Crippen LogP contribution in [0, 0.1) is 0 Å². The van der Waals surface area contributed by atoms with Crippen LogP contribution < -0.4 is 4.74 Å². The van der Waals surface area contributed by atoms with Gasteiger partial charge in [-0.2, -0.15) is 0 Å². The highest BCUT2D eigenvalue weighted by atomic mass is 16.5. The zero-order chi connectivity index (χ0) is 22.3. The van der Waals surface area contributed by atoms with Gasteiger partial charge in [-0.3, -0.25) is 9.59 Å². The van der Waals surface area contributed by atoms with Crippen LogP contribution in [0.4, 0.5) is 0 Å². The second-order valence-corrected chi connectivity index (χ2v) is 8.39. The summed E-state index contributed by atoms with van der Waals surface area (Å²) < 4.78 is 11.8. The first-order chi connectivity index (χ1) is 15.7. The number of carbonyl (C=O) groups excluding carboxylic acids is 2. The molecule has 168 valence electrons. The molecule has 1 amide bonds. The minimum Gasteiger partial charge on any atom is -0.494 e. The fourth-order valence-electron chi connectivity index (χ4n) is 4.24. The average molecular weight is 434 g/mol. The second-order valence-electron chi connectivity index (χ2n) is 8.39. The highest BCUT2D eigenvalue weighted by Crippen LogP contribution is 2.29. The van der Waals surface area contributed by atoms with Gasteiger partial charge in [-0.1, -0.05) is 31.5 Å². The van der Waals surface area contributed by atoms with E-state index >= 15 is 0 Å². The van der Waals surface area contributed by atoms with Crippen molar-refractivity contribution >= 4 is 22.7 Å². The number of rotatable bonds is 10. The first-order valence-electron chi connectivity index (χ1n) is 11.7. The van der Waals surface area contributed by atoms with E-state index in [1.807, 2.05) is 41.3 Å². The number of nitrogens with zero attached hydrogens (tertiary/aromatic N) is 1. The summed E-state index contributed by atoms with van der Waals surface area (Å²) in [5.74, 6) is 1.67. The Morgan fingerprint density at radius 2 is 1.75 bits per heavy atom. The van der Waals surface area contributed by atoms with Gasteiger partial charge in [0.25, 0.3) is 0 Å². The molecular weight excluding hydrogens is 402 g/mol. The van der Waals surface area contributed by atoms with Crippen LogP contribution in [0.5, 0.6) is 5.75 Å². The molecule has 1 aliphatic rings. The maximum Gasteiger partial charge on any atom is 0.222 e. The van der Waals surface area contributed by atoms with E-state index in [1.54, 1.807) is 12.1 Å². The summed E-state index contributed by atoms with van der Waals surface area (Å²) in [4.78, 5) is 27.4. The Kier molecular flexibility index (Phi) is 7.25. The second kappa shape index (κ2) is 10.5. The molecule has 4 rings (SSSR count). The van der Waals surface area contributed by atoms with E-state index in [0.717, 1.165) is 61.9 Å². The molecule has 1 aliphatic heterocycles. The number of hydrogen-bond donors (Lipinski definition) is 0. The third-order valence-corrected chi connectivity index (χ3v) is 6.03. The van der Waals surface area contributed by atoms with Crippen molar-refractivity contribution in [3.63, 3.8) is 0 Å². The molecule has 0 aliphatic carbocycles. The summed E-state index contributed by atoms with van der Waals surface area (Å²) in [6, 6.07) is 15.0. The van der Waals surface area contributed by atoms with Crippen LogP contribution in [0.1, 0.15) is 67.1 Å². The molecule has 5 heteroatoms. The van der Waals surface area contributed by atoms with Gasteiger partial charge in [0.2, 0.25) is 5.91 Å². The predicted octanol–water partition coefficient (Wildman–Crippen LogP) is 5.79. The van der Waals surface area contributed by atoms with Crippen molar-refractivity contribution in [2.24, 2.45) is 0 Å². The van der Waals surface area contributed by atoms with Gasteiger partial charge < -0.3 is 14.1 Å². The molecule has 2 aromatic carbocycles. The van der Waals surface area contributed by atoms with Crippen molar-refractivity contribution in [3.8, 4) is 5.75 Å². The van der Waals surface area contributed by atoms with Crippen molar-refractivity contribution in [3.05, 3.63) is 65.4 Å². The molecule has 0 radical (unpaired) electrons. The molecule has 5 nitrogen and oxygen atoms in total. The van der Waals surface area contributed by atoms with E-state index in [4.69, 9.17) is 9.15 Å². The van der Waals surface area contributed by atoms with Gasteiger partial charge in [-0.25, -0.2) is 0 Å². The van der Waals surface area contributed by atoms with Crippen LogP contribution in [-0.4, -0.2) is 36.3 Å². The lowest BCUT2D eigenvalue weighted by Gasteiger charge is -2.15.